The van der Waals surface area contributed by atoms with E-state index in [2.05, 4.69) is 41.2 Å². The van der Waals surface area contributed by atoms with Gasteiger partial charge in [0.1, 0.15) is 0 Å². The van der Waals surface area contributed by atoms with Gasteiger partial charge >= 0.3 is 0 Å². The standard InChI is InChI=1S/C19H24N2/c1-14-3-5-16(6-4-14)11-17-7-9-18(10-8-17)19-20-12-15(2)13-21-19/h7-10,12-14,16H,3-6,11H2,1-2H3. The predicted molar refractivity (Wildman–Crippen MR) is 87.0 cm³/mol. The highest BCUT2D eigenvalue weighted by Crippen LogP contribution is 2.30. The Morgan fingerprint density at radius 3 is 2.19 bits per heavy atom. The summed E-state index contributed by atoms with van der Waals surface area (Å²) in [5, 5.41) is 0. The molecule has 0 radical (unpaired) electrons. The third-order valence-corrected chi connectivity index (χ3v) is 4.65. The van der Waals surface area contributed by atoms with Crippen molar-refractivity contribution < 1.29 is 0 Å². The molecule has 0 atom stereocenters. The number of aromatic nitrogens is 2. The Bertz CT molecular complexity index is 564. The van der Waals surface area contributed by atoms with E-state index in [1.54, 1.807) is 0 Å². The fourth-order valence-electron chi connectivity index (χ4n) is 3.20. The van der Waals surface area contributed by atoms with Crippen LogP contribution in [0, 0.1) is 18.8 Å². The minimum absolute atomic E-state index is 0.818. The maximum absolute atomic E-state index is 4.39. The number of hydrogen-bond acceptors (Lipinski definition) is 2. The third-order valence-electron chi connectivity index (χ3n) is 4.65. The highest BCUT2D eigenvalue weighted by atomic mass is 14.9. The molecule has 3 rings (SSSR count). The second-order valence-corrected chi connectivity index (χ2v) is 6.61. The first-order chi connectivity index (χ1) is 10.2. The van der Waals surface area contributed by atoms with E-state index in [9.17, 15) is 0 Å². The zero-order chi connectivity index (χ0) is 14.7. The summed E-state index contributed by atoms with van der Waals surface area (Å²) in [4.78, 5) is 8.78. The maximum atomic E-state index is 4.39. The van der Waals surface area contributed by atoms with E-state index in [0.717, 1.165) is 28.8 Å². The molecule has 2 heteroatoms. The van der Waals surface area contributed by atoms with Crippen molar-refractivity contribution in [3.63, 3.8) is 0 Å². The van der Waals surface area contributed by atoms with E-state index >= 15 is 0 Å². The Morgan fingerprint density at radius 1 is 0.952 bits per heavy atom. The SMILES string of the molecule is Cc1cnc(-c2ccc(CC3CCC(C)CC3)cc2)nc1. The Kier molecular flexibility index (Phi) is 4.33. The average Bonchev–Trinajstić information content (AvgIpc) is 2.51. The fraction of sp³-hybridized carbons (Fsp3) is 0.474. The van der Waals surface area contributed by atoms with Crippen LogP contribution in [0.15, 0.2) is 36.7 Å². The minimum Gasteiger partial charge on any atom is -0.236 e. The Balaban J connectivity index is 1.65. The van der Waals surface area contributed by atoms with Gasteiger partial charge in [-0.1, -0.05) is 44.0 Å². The molecule has 0 spiro atoms. The fourth-order valence-corrected chi connectivity index (χ4v) is 3.20. The van der Waals surface area contributed by atoms with E-state index in [-0.39, 0.29) is 0 Å². The van der Waals surface area contributed by atoms with Crippen LogP contribution in [0.4, 0.5) is 0 Å². The van der Waals surface area contributed by atoms with Crippen LogP contribution in [0.1, 0.15) is 43.7 Å². The molecule has 1 aliphatic carbocycles. The highest BCUT2D eigenvalue weighted by molar-refractivity contribution is 5.55. The lowest BCUT2D eigenvalue weighted by molar-refractivity contribution is 0.289. The van der Waals surface area contributed by atoms with E-state index in [4.69, 9.17) is 0 Å². The lowest BCUT2D eigenvalue weighted by Gasteiger charge is -2.26. The lowest BCUT2D eigenvalue weighted by atomic mass is 9.80. The molecule has 110 valence electrons. The van der Waals surface area contributed by atoms with Crippen LogP contribution in [0.2, 0.25) is 0 Å². The number of aryl methyl sites for hydroxylation is 1. The molecule has 1 aromatic heterocycles. The second-order valence-electron chi connectivity index (χ2n) is 6.61. The number of nitrogens with zero attached hydrogens (tertiary/aromatic N) is 2. The molecule has 2 aromatic rings. The molecule has 0 amide bonds. The molecule has 0 N–H and O–H groups in total. The van der Waals surface area contributed by atoms with Gasteiger partial charge in [0.15, 0.2) is 5.82 Å². The molecule has 0 bridgehead atoms. The minimum atomic E-state index is 0.818. The smallest absolute Gasteiger partial charge is 0.159 e. The van der Waals surface area contributed by atoms with Crippen molar-refractivity contribution in [2.24, 2.45) is 11.8 Å². The normalized spacial score (nSPS) is 22.2. The summed E-state index contributed by atoms with van der Waals surface area (Å²) in [5.41, 5.74) is 3.66. The van der Waals surface area contributed by atoms with Crippen molar-refractivity contribution >= 4 is 0 Å². The van der Waals surface area contributed by atoms with Gasteiger partial charge < -0.3 is 0 Å². The topological polar surface area (TPSA) is 25.8 Å². The Morgan fingerprint density at radius 2 is 1.57 bits per heavy atom. The van der Waals surface area contributed by atoms with Crippen LogP contribution < -0.4 is 0 Å². The van der Waals surface area contributed by atoms with Crippen LogP contribution in [0.5, 0.6) is 0 Å². The molecular formula is C19H24N2. The van der Waals surface area contributed by atoms with Crippen molar-refractivity contribution in [3.05, 3.63) is 47.8 Å². The second kappa shape index (κ2) is 6.38. The molecule has 0 saturated heterocycles. The van der Waals surface area contributed by atoms with E-state index in [0.29, 0.717) is 0 Å². The van der Waals surface area contributed by atoms with Crippen LogP contribution in [-0.4, -0.2) is 9.97 Å². The van der Waals surface area contributed by atoms with Crippen LogP contribution in [0.3, 0.4) is 0 Å². The van der Waals surface area contributed by atoms with Gasteiger partial charge in [-0.25, -0.2) is 9.97 Å². The third kappa shape index (κ3) is 3.69. The maximum Gasteiger partial charge on any atom is 0.159 e. The largest absolute Gasteiger partial charge is 0.236 e. The molecule has 21 heavy (non-hydrogen) atoms. The van der Waals surface area contributed by atoms with Crippen molar-refractivity contribution in [2.75, 3.05) is 0 Å². The number of hydrogen-bond donors (Lipinski definition) is 0. The highest BCUT2D eigenvalue weighted by Gasteiger charge is 2.18. The molecule has 0 aliphatic heterocycles. The van der Waals surface area contributed by atoms with E-state index in [1.165, 1.54) is 37.7 Å². The lowest BCUT2D eigenvalue weighted by Crippen LogP contribution is -2.14. The van der Waals surface area contributed by atoms with Crippen LogP contribution in [-0.2, 0) is 6.42 Å². The molecule has 1 saturated carbocycles. The number of benzene rings is 1. The summed E-state index contributed by atoms with van der Waals surface area (Å²) in [6, 6.07) is 8.81. The zero-order valence-corrected chi connectivity index (χ0v) is 13.0. The van der Waals surface area contributed by atoms with Crippen molar-refractivity contribution in [2.45, 2.75) is 46.0 Å². The van der Waals surface area contributed by atoms with Crippen LogP contribution in [0.25, 0.3) is 11.4 Å². The molecule has 2 nitrogen and oxygen atoms in total. The Hall–Kier alpha value is -1.70. The first-order valence-corrected chi connectivity index (χ1v) is 8.08. The molecule has 0 unspecified atom stereocenters. The summed E-state index contributed by atoms with van der Waals surface area (Å²) in [6.07, 6.45) is 10.6. The summed E-state index contributed by atoms with van der Waals surface area (Å²) in [7, 11) is 0. The summed E-state index contributed by atoms with van der Waals surface area (Å²) in [6.45, 7) is 4.39. The van der Waals surface area contributed by atoms with E-state index in [1.807, 2.05) is 19.3 Å². The number of rotatable bonds is 3. The first-order valence-electron chi connectivity index (χ1n) is 8.08. The molecular weight excluding hydrogens is 256 g/mol. The van der Waals surface area contributed by atoms with Crippen LogP contribution >= 0.6 is 0 Å². The summed E-state index contributed by atoms with van der Waals surface area (Å²) < 4.78 is 0. The van der Waals surface area contributed by atoms with Gasteiger partial charge in [-0.05, 0) is 49.1 Å². The average molecular weight is 280 g/mol. The quantitative estimate of drug-likeness (QED) is 0.805. The van der Waals surface area contributed by atoms with Gasteiger partial charge in [0, 0.05) is 18.0 Å². The molecule has 1 aliphatic rings. The molecule has 1 heterocycles. The summed E-state index contributed by atoms with van der Waals surface area (Å²) >= 11 is 0. The van der Waals surface area contributed by atoms with Gasteiger partial charge in [0.05, 0.1) is 0 Å². The van der Waals surface area contributed by atoms with Gasteiger partial charge in [0.25, 0.3) is 0 Å². The first kappa shape index (κ1) is 14.2. The van der Waals surface area contributed by atoms with Gasteiger partial charge in [0.2, 0.25) is 0 Å². The van der Waals surface area contributed by atoms with Crippen molar-refractivity contribution in [1.29, 1.82) is 0 Å². The Labute approximate surface area is 127 Å². The van der Waals surface area contributed by atoms with Gasteiger partial charge in [-0.2, -0.15) is 0 Å². The monoisotopic (exact) mass is 280 g/mol. The van der Waals surface area contributed by atoms with Crippen molar-refractivity contribution in [3.8, 4) is 11.4 Å². The van der Waals surface area contributed by atoms with Gasteiger partial charge in [-0.15, -0.1) is 0 Å². The van der Waals surface area contributed by atoms with Gasteiger partial charge in [-0.3, -0.25) is 0 Å². The molecule has 1 aromatic carbocycles. The zero-order valence-electron chi connectivity index (χ0n) is 13.0. The summed E-state index contributed by atoms with van der Waals surface area (Å²) in [5.74, 6) is 2.63. The van der Waals surface area contributed by atoms with Crippen molar-refractivity contribution in [1.82, 2.24) is 9.97 Å². The molecule has 1 fully saturated rings. The predicted octanol–water partition coefficient (Wildman–Crippen LogP) is 4.82. The van der Waals surface area contributed by atoms with E-state index < -0.39 is 0 Å².